The lowest BCUT2D eigenvalue weighted by Crippen LogP contribution is -2.38. The fourth-order valence-electron chi connectivity index (χ4n) is 2.98. The van der Waals surface area contributed by atoms with Gasteiger partial charge in [0.2, 0.25) is 5.91 Å². The molecule has 32 heavy (non-hydrogen) atoms. The average molecular weight is 449 g/mol. The molecule has 8 nitrogen and oxygen atoms in total. The van der Waals surface area contributed by atoms with Crippen molar-refractivity contribution in [2.75, 3.05) is 19.7 Å². The van der Waals surface area contributed by atoms with Crippen LogP contribution in [0.4, 0.5) is 0 Å². The molecule has 1 aromatic carbocycles. The monoisotopic (exact) mass is 448 g/mol. The molecule has 0 spiro atoms. The SMILES string of the molecule is CC(C)C[C@H](CC(=O)OC(C)(C)C)C(=O)NCC(=O)OCC(=O)NCCc1ccccc1. The maximum atomic E-state index is 12.5. The summed E-state index contributed by atoms with van der Waals surface area (Å²) in [5.74, 6) is -2.46. The smallest absolute Gasteiger partial charge is 0.325 e. The first-order chi connectivity index (χ1) is 15.0. The van der Waals surface area contributed by atoms with E-state index in [1.165, 1.54) is 0 Å². The highest BCUT2D eigenvalue weighted by Crippen LogP contribution is 2.18. The molecule has 2 N–H and O–H groups in total. The summed E-state index contributed by atoms with van der Waals surface area (Å²) in [6.07, 6.45) is 1.08. The Kier molecular flexibility index (Phi) is 11.4. The summed E-state index contributed by atoms with van der Waals surface area (Å²) in [5.41, 5.74) is 0.455. The van der Waals surface area contributed by atoms with E-state index in [2.05, 4.69) is 10.6 Å². The van der Waals surface area contributed by atoms with Crippen LogP contribution in [-0.2, 0) is 35.1 Å². The van der Waals surface area contributed by atoms with Crippen LogP contribution in [0, 0.1) is 11.8 Å². The van der Waals surface area contributed by atoms with Gasteiger partial charge in [0.25, 0.3) is 5.91 Å². The second kappa shape index (κ2) is 13.5. The van der Waals surface area contributed by atoms with Crippen LogP contribution >= 0.6 is 0 Å². The fraction of sp³-hybridized carbons (Fsp3) is 0.583. The Bertz CT molecular complexity index is 756. The summed E-state index contributed by atoms with van der Waals surface area (Å²) >= 11 is 0. The molecule has 0 aromatic heterocycles. The summed E-state index contributed by atoms with van der Waals surface area (Å²) in [4.78, 5) is 48.3. The zero-order valence-corrected chi connectivity index (χ0v) is 19.7. The number of hydrogen-bond acceptors (Lipinski definition) is 6. The molecule has 178 valence electrons. The number of benzene rings is 1. The van der Waals surface area contributed by atoms with Gasteiger partial charge in [-0.25, -0.2) is 0 Å². The van der Waals surface area contributed by atoms with Gasteiger partial charge in [-0.3, -0.25) is 19.2 Å². The molecule has 2 amide bonds. The maximum Gasteiger partial charge on any atom is 0.325 e. The van der Waals surface area contributed by atoms with Gasteiger partial charge in [0, 0.05) is 12.5 Å². The summed E-state index contributed by atoms with van der Waals surface area (Å²) in [6.45, 7) is 8.80. The van der Waals surface area contributed by atoms with E-state index in [0.717, 1.165) is 5.56 Å². The first-order valence-corrected chi connectivity index (χ1v) is 10.9. The Morgan fingerprint density at radius 3 is 2.22 bits per heavy atom. The number of hydrogen-bond donors (Lipinski definition) is 2. The molecule has 0 aliphatic carbocycles. The van der Waals surface area contributed by atoms with E-state index in [4.69, 9.17) is 9.47 Å². The molecule has 0 fully saturated rings. The highest BCUT2D eigenvalue weighted by Gasteiger charge is 2.26. The normalized spacial score (nSPS) is 12.1. The Morgan fingerprint density at radius 1 is 0.969 bits per heavy atom. The Hall–Kier alpha value is -2.90. The van der Waals surface area contributed by atoms with E-state index in [0.29, 0.717) is 19.4 Å². The van der Waals surface area contributed by atoms with Gasteiger partial charge in [-0.1, -0.05) is 44.2 Å². The predicted molar refractivity (Wildman–Crippen MR) is 121 cm³/mol. The average Bonchev–Trinajstić information content (AvgIpc) is 2.69. The number of carbonyl (C=O) groups is 4. The van der Waals surface area contributed by atoms with Crippen molar-refractivity contribution >= 4 is 23.8 Å². The van der Waals surface area contributed by atoms with E-state index in [1.54, 1.807) is 20.8 Å². The molecule has 0 saturated heterocycles. The van der Waals surface area contributed by atoms with Crippen molar-refractivity contribution in [3.8, 4) is 0 Å². The lowest BCUT2D eigenvalue weighted by molar-refractivity contribution is -0.157. The lowest BCUT2D eigenvalue weighted by atomic mass is 9.93. The molecule has 0 aliphatic heterocycles. The molecular weight excluding hydrogens is 412 g/mol. The van der Waals surface area contributed by atoms with Crippen LogP contribution in [0.25, 0.3) is 0 Å². The number of esters is 2. The summed E-state index contributed by atoms with van der Waals surface area (Å²) < 4.78 is 10.2. The van der Waals surface area contributed by atoms with Crippen LogP contribution in [0.5, 0.6) is 0 Å². The number of rotatable bonds is 12. The highest BCUT2D eigenvalue weighted by molar-refractivity contribution is 5.87. The molecule has 0 aliphatic rings. The first kappa shape index (κ1) is 27.1. The number of nitrogens with one attached hydrogen (secondary N) is 2. The largest absolute Gasteiger partial charge is 0.460 e. The third-order valence-corrected chi connectivity index (χ3v) is 4.31. The number of ether oxygens (including phenoxy) is 2. The third kappa shape index (κ3) is 12.7. The van der Waals surface area contributed by atoms with Crippen molar-refractivity contribution < 1.29 is 28.7 Å². The van der Waals surface area contributed by atoms with Crippen LogP contribution in [-0.4, -0.2) is 49.1 Å². The van der Waals surface area contributed by atoms with Gasteiger partial charge in [-0.05, 0) is 45.1 Å². The number of carbonyl (C=O) groups excluding carboxylic acids is 4. The van der Waals surface area contributed by atoms with Crippen LogP contribution in [0.3, 0.4) is 0 Å². The van der Waals surface area contributed by atoms with Crippen molar-refractivity contribution in [2.45, 2.75) is 59.5 Å². The fourth-order valence-corrected chi connectivity index (χ4v) is 2.98. The lowest BCUT2D eigenvalue weighted by Gasteiger charge is -2.22. The summed E-state index contributed by atoms with van der Waals surface area (Å²) in [5, 5.41) is 5.17. The van der Waals surface area contributed by atoms with Gasteiger partial charge in [0.15, 0.2) is 6.61 Å². The summed E-state index contributed by atoms with van der Waals surface area (Å²) in [6, 6.07) is 9.69. The van der Waals surface area contributed by atoms with E-state index in [9.17, 15) is 19.2 Å². The highest BCUT2D eigenvalue weighted by atomic mass is 16.6. The minimum absolute atomic E-state index is 0.0693. The minimum atomic E-state index is -0.725. The second-order valence-electron chi connectivity index (χ2n) is 9.08. The van der Waals surface area contributed by atoms with Gasteiger partial charge in [0.05, 0.1) is 6.42 Å². The Labute approximate surface area is 190 Å². The van der Waals surface area contributed by atoms with Crippen molar-refractivity contribution in [2.24, 2.45) is 11.8 Å². The van der Waals surface area contributed by atoms with E-state index >= 15 is 0 Å². The molecule has 0 unspecified atom stereocenters. The zero-order chi connectivity index (χ0) is 24.1. The van der Waals surface area contributed by atoms with Gasteiger partial charge >= 0.3 is 11.9 Å². The molecule has 1 aromatic rings. The molecule has 0 saturated carbocycles. The Balaban J connectivity index is 2.36. The molecule has 0 heterocycles. The molecule has 8 heteroatoms. The summed E-state index contributed by atoms with van der Waals surface area (Å²) in [7, 11) is 0. The van der Waals surface area contributed by atoms with E-state index in [-0.39, 0.29) is 18.9 Å². The van der Waals surface area contributed by atoms with Crippen molar-refractivity contribution in [1.29, 1.82) is 0 Å². The molecule has 0 radical (unpaired) electrons. The third-order valence-electron chi connectivity index (χ3n) is 4.31. The second-order valence-corrected chi connectivity index (χ2v) is 9.08. The predicted octanol–water partition coefficient (Wildman–Crippen LogP) is 2.40. The molecule has 1 rings (SSSR count). The zero-order valence-electron chi connectivity index (χ0n) is 19.7. The van der Waals surface area contributed by atoms with Gasteiger partial charge in [-0.2, -0.15) is 0 Å². The molecule has 1 atom stereocenters. The standard InChI is InChI=1S/C24H36N2O6/c1-17(2)13-19(14-21(28)32-24(3,4)5)23(30)26-15-22(29)31-16-20(27)25-12-11-18-9-7-6-8-10-18/h6-10,17,19H,11-16H2,1-5H3,(H,25,27)(H,26,30)/t19-/m1/s1. The molecular formula is C24H36N2O6. The number of amides is 2. The Morgan fingerprint density at radius 2 is 1.62 bits per heavy atom. The van der Waals surface area contributed by atoms with Crippen molar-refractivity contribution in [3.63, 3.8) is 0 Å². The van der Waals surface area contributed by atoms with Crippen LogP contribution in [0.2, 0.25) is 0 Å². The topological polar surface area (TPSA) is 111 Å². The van der Waals surface area contributed by atoms with E-state index < -0.39 is 41.9 Å². The van der Waals surface area contributed by atoms with Crippen molar-refractivity contribution in [1.82, 2.24) is 10.6 Å². The van der Waals surface area contributed by atoms with Gasteiger partial charge in [-0.15, -0.1) is 0 Å². The van der Waals surface area contributed by atoms with Crippen LogP contribution in [0.15, 0.2) is 30.3 Å². The van der Waals surface area contributed by atoms with Crippen molar-refractivity contribution in [3.05, 3.63) is 35.9 Å². The van der Waals surface area contributed by atoms with Gasteiger partial charge < -0.3 is 20.1 Å². The molecule has 0 bridgehead atoms. The van der Waals surface area contributed by atoms with Crippen LogP contribution < -0.4 is 10.6 Å². The van der Waals surface area contributed by atoms with E-state index in [1.807, 2.05) is 44.2 Å². The van der Waals surface area contributed by atoms with Gasteiger partial charge in [0.1, 0.15) is 12.1 Å². The maximum absolute atomic E-state index is 12.5. The van der Waals surface area contributed by atoms with Crippen LogP contribution in [0.1, 0.15) is 53.0 Å². The first-order valence-electron chi connectivity index (χ1n) is 10.9. The quantitative estimate of drug-likeness (QED) is 0.475. The minimum Gasteiger partial charge on any atom is -0.460 e.